The SMILES string of the molecule is CCOC(=O)N1CCC(NC(=O)c2cccc(C(=O)N3CCCCC3)n2)CC1. The molecule has 0 spiro atoms. The minimum Gasteiger partial charge on any atom is -0.450 e. The van der Waals surface area contributed by atoms with E-state index in [2.05, 4.69) is 10.3 Å². The van der Waals surface area contributed by atoms with Crippen LogP contribution in [-0.4, -0.2) is 71.5 Å². The van der Waals surface area contributed by atoms with E-state index in [-0.39, 0.29) is 29.6 Å². The molecule has 3 heterocycles. The maximum absolute atomic E-state index is 12.6. The lowest BCUT2D eigenvalue weighted by molar-refractivity contribution is 0.0718. The summed E-state index contributed by atoms with van der Waals surface area (Å²) in [7, 11) is 0. The van der Waals surface area contributed by atoms with E-state index in [0.29, 0.717) is 38.2 Å². The molecule has 2 fully saturated rings. The normalized spacial score (nSPS) is 17.9. The van der Waals surface area contributed by atoms with Crippen LogP contribution < -0.4 is 5.32 Å². The van der Waals surface area contributed by atoms with E-state index in [9.17, 15) is 14.4 Å². The highest BCUT2D eigenvalue weighted by atomic mass is 16.6. The Morgan fingerprint density at radius 2 is 1.71 bits per heavy atom. The maximum atomic E-state index is 12.6. The van der Waals surface area contributed by atoms with Gasteiger partial charge >= 0.3 is 6.09 Å². The molecule has 0 radical (unpaired) electrons. The molecule has 0 aliphatic carbocycles. The van der Waals surface area contributed by atoms with Crippen LogP contribution in [-0.2, 0) is 4.74 Å². The first-order chi connectivity index (χ1) is 13.6. The minimum atomic E-state index is -0.308. The predicted octanol–water partition coefficient (Wildman–Crippen LogP) is 2.06. The molecule has 1 aromatic rings. The van der Waals surface area contributed by atoms with Gasteiger partial charge in [-0.15, -0.1) is 0 Å². The Kier molecular flexibility index (Phi) is 6.84. The molecular formula is C20H28N4O4. The summed E-state index contributed by atoms with van der Waals surface area (Å²) in [6.07, 6.45) is 4.19. The van der Waals surface area contributed by atoms with Crippen LogP contribution in [0, 0.1) is 0 Å². The molecule has 1 aromatic heterocycles. The lowest BCUT2D eigenvalue weighted by Crippen LogP contribution is -2.46. The van der Waals surface area contributed by atoms with Crippen LogP contribution in [0.15, 0.2) is 18.2 Å². The van der Waals surface area contributed by atoms with E-state index in [1.165, 1.54) is 0 Å². The molecule has 8 heteroatoms. The summed E-state index contributed by atoms with van der Waals surface area (Å²) in [5.41, 5.74) is 0.558. The summed E-state index contributed by atoms with van der Waals surface area (Å²) in [6.45, 7) is 4.72. The predicted molar refractivity (Wildman–Crippen MR) is 103 cm³/mol. The first-order valence-electron chi connectivity index (χ1n) is 10.1. The van der Waals surface area contributed by atoms with Gasteiger partial charge in [0, 0.05) is 32.2 Å². The standard InChI is InChI=1S/C20H28N4O4/c1-2-28-20(27)24-13-9-15(10-14-24)21-18(25)16-7-6-8-17(22-16)19(26)23-11-4-3-5-12-23/h6-8,15H,2-5,9-14H2,1H3,(H,21,25). The molecule has 3 amide bonds. The molecule has 0 aromatic carbocycles. The molecule has 152 valence electrons. The van der Waals surface area contributed by atoms with Crippen molar-refractivity contribution < 1.29 is 19.1 Å². The summed E-state index contributed by atoms with van der Waals surface area (Å²) in [6, 6.07) is 4.95. The van der Waals surface area contributed by atoms with Gasteiger partial charge in [0.05, 0.1) is 6.61 Å². The number of likely N-dealkylation sites (tertiary alicyclic amines) is 2. The van der Waals surface area contributed by atoms with Crippen LogP contribution in [0.4, 0.5) is 4.79 Å². The molecule has 28 heavy (non-hydrogen) atoms. The van der Waals surface area contributed by atoms with Gasteiger partial charge in [0.2, 0.25) is 0 Å². The second kappa shape index (κ2) is 9.52. The van der Waals surface area contributed by atoms with Crippen LogP contribution in [0.2, 0.25) is 0 Å². The number of amides is 3. The lowest BCUT2D eigenvalue weighted by Gasteiger charge is -2.31. The van der Waals surface area contributed by atoms with Crippen molar-refractivity contribution in [1.29, 1.82) is 0 Å². The van der Waals surface area contributed by atoms with Crippen molar-refractivity contribution in [3.63, 3.8) is 0 Å². The van der Waals surface area contributed by atoms with E-state index in [1.807, 2.05) is 0 Å². The third-order valence-corrected chi connectivity index (χ3v) is 5.20. The average Bonchev–Trinajstić information content (AvgIpc) is 2.74. The lowest BCUT2D eigenvalue weighted by atomic mass is 10.1. The van der Waals surface area contributed by atoms with Gasteiger partial charge in [-0.3, -0.25) is 9.59 Å². The van der Waals surface area contributed by atoms with Crippen molar-refractivity contribution in [3.05, 3.63) is 29.6 Å². The Hall–Kier alpha value is -2.64. The highest BCUT2D eigenvalue weighted by molar-refractivity contribution is 5.96. The first-order valence-corrected chi connectivity index (χ1v) is 10.1. The van der Waals surface area contributed by atoms with Gasteiger partial charge in [0.15, 0.2) is 0 Å². The fourth-order valence-electron chi connectivity index (χ4n) is 3.62. The van der Waals surface area contributed by atoms with Gasteiger partial charge in [0.25, 0.3) is 11.8 Å². The molecular weight excluding hydrogens is 360 g/mol. The quantitative estimate of drug-likeness (QED) is 0.852. The number of carbonyl (C=O) groups excluding carboxylic acids is 3. The van der Waals surface area contributed by atoms with Gasteiger partial charge in [-0.2, -0.15) is 0 Å². The fraction of sp³-hybridized carbons (Fsp3) is 0.600. The van der Waals surface area contributed by atoms with Gasteiger partial charge in [-0.25, -0.2) is 9.78 Å². The Morgan fingerprint density at radius 1 is 1.04 bits per heavy atom. The van der Waals surface area contributed by atoms with Crippen LogP contribution in [0.5, 0.6) is 0 Å². The average molecular weight is 388 g/mol. The summed E-state index contributed by atoms with van der Waals surface area (Å²) in [5.74, 6) is -0.403. The number of pyridine rings is 1. The number of nitrogens with zero attached hydrogens (tertiary/aromatic N) is 3. The van der Waals surface area contributed by atoms with Crippen molar-refractivity contribution in [2.75, 3.05) is 32.8 Å². The smallest absolute Gasteiger partial charge is 0.409 e. The van der Waals surface area contributed by atoms with Crippen molar-refractivity contribution >= 4 is 17.9 Å². The number of carbonyl (C=O) groups is 3. The van der Waals surface area contributed by atoms with Gasteiger partial charge in [0.1, 0.15) is 11.4 Å². The monoisotopic (exact) mass is 388 g/mol. The number of hydrogen-bond acceptors (Lipinski definition) is 5. The van der Waals surface area contributed by atoms with Gasteiger partial charge in [-0.1, -0.05) is 6.07 Å². The van der Waals surface area contributed by atoms with Crippen LogP contribution in [0.25, 0.3) is 0 Å². The molecule has 1 N–H and O–H groups in total. The molecule has 0 saturated carbocycles. The number of ether oxygens (including phenoxy) is 1. The van der Waals surface area contributed by atoms with E-state index in [4.69, 9.17) is 4.74 Å². The van der Waals surface area contributed by atoms with E-state index < -0.39 is 0 Å². The molecule has 2 aliphatic heterocycles. The molecule has 2 saturated heterocycles. The molecule has 2 aliphatic rings. The fourth-order valence-corrected chi connectivity index (χ4v) is 3.62. The molecule has 0 atom stereocenters. The first kappa shape index (κ1) is 20.1. The summed E-state index contributed by atoms with van der Waals surface area (Å²) in [4.78, 5) is 44.7. The highest BCUT2D eigenvalue weighted by Gasteiger charge is 2.26. The van der Waals surface area contributed by atoms with Crippen LogP contribution in [0.3, 0.4) is 0 Å². The van der Waals surface area contributed by atoms with Crippen molar-refractivity contribution in [2.24, 2.45) is 0 Å². The number of nitrogens with one attached hydrogen (secondary N) is 1. The molecule has 0 bridgehead atoms. The maximum Gasteiger partial charge on any atom is 0.409 e. The van der Waals surface area contributed by atoms with Gasteiger partial charge in [-0.05, 0) is 51.2 Å². The third-order valence-electron chi connectivity index (χ3n) is 5.20. The molecule has 3 rings (SSSR count). The number of piperidine rings is 2. The number of aromatic nitrogens is 1. The van der Waals surface area contributed by atoms with E-state index >= 15 is 0 Å². The Balaban J connectivity index is 1.55. The van der Waals surface area contributed by atoms with Crippen LogP contribution in [0.1, 0.15) is 60.0 Å². The Labute approximate surface area is 165 Å². The molecule has 0 unspecified atom stereocenters. The van der Waals surface area contributed by atoms with Crippen molar-refractivity contribution in [2.45, 2.75) is 45.1 Å². The van der Waals surface area contributed by atoms with E-state index in [0.717, 1.165) is 32.4 Å². The van der Waals surface area contributed by atoms with Crippen LogP contribution >= 0.6 is 0 Å². The number of rotatable bonds is 4. The zero-order valence-corrected chi connectivity index (χ0v) is 16.4. The van der Waals surface area contributed by atoms with Crippen molar-refractivity contribution in [1.82, 2.24) is 20.1 Å². The summed E-state index contributed by atoms with van der Waals surface area (Å²) in [5, 5.41) is 2.97. The summed E-state index contributed by atoms with van der Waals surface area (Å²) >= 11 is 0. The highest BCUT2D eigenvalue weighted by Crippen LogP contribution is 2.14. The Bertz CT molecular complexity index is 710. The van der Waals surface area contributed by atoms with E-state index in [1.54, 1.807) is 34.9 Å². The largest absolute Gasteiger partial charge is 0.450 e. The second-order valence-electron chi connectivity index (χ2n) is 7.19. The third kappa shape index (κ3) is 4.99. The Morgan fingerprint density at radius 3 is 2.39 bits per heavy atom. The summed E-state index contributed by atoms with van der Waals surface area (Å²) < 4.78 is 5.01. The number of hydrogen-bond donors (Lipinski definition) is 1. The van der Waals surface area contributed by atoms with Gasteiger partial charge < -0.3 is 19.9 Å². The second-order valence-corrected chi connectivity index (χ2v) is 7.19. The minimum absolute atomic E-state index is 0.0265. The van der Waals surface area contributed by atoms with Crippen molar-refractivity contribution in [3.8, 4) is 0 Å². The zero-order valence-electron chi connectivity index (χ0n) is 16.4. The molecule has 8 nitrogen and oxygen atoms in total. The zero-order chi connectivity index (χ0) is 19.9. The topological polar surface area (TPSA) is 91.8 Å².